The quantitative estimate of drug-likeness (QED) is 0.124. The van der Waals surface area contributed by atoms with Gasteiger partial charge in [-0.2, -0.15) is 8.97 Å². The summed E-state index contributed by atoms with van der Waals surface area (Å²) in [6.45, 7) is 17.0. The van der Waals surface area contributed by atoms with Crippen molar-refractivity contribution in [3.8, 4) is 45.0 Å². The number of nitrogens with zero attached hydrogens (tertiary/aromatic N) is 5. The summed E-state index contributed by atoms with van der Waals surface area (Å²) in [7, 11) is 8.23. The molecule has 0 atom stereocenters. The summed E-state index contributed by atoms with van der Waals surface area (Å²) in [5, 5.41) is 5.24. The van der Waals surface area contributed by atoms with Gasteiger partial charge in [0, 0.05) is 82.2 Å². The van der Waals surface area contributed by atoms with E-state index in [-0.39, 0.29) is 0 Å². The number of hydrogen-bond acceptors (Lipinski definition) is 0. The zero-order chi connectivity index (χ0) is 54.7. The number of fused-ring (bicyclic) bond motifs is 7. The van der Waals surface area contributed by atoms with Crippen molar-refractivity contribution in [1.82, 2.24) is 4.57 Å². The molecule has 7 aromatic carbocycles. The lowest BCUT2D eigenvalue weighted by atomic mass is 9.98. The van der Waals surface area contributed by atoms with Crippen molar-refractivity contribution in [1.29, 1.82) is 0 Å². The summed E-state index contributed by atoms with van der Waals surface area (Å²) in [5.41, 5.74) is 22.5. The Morgan fingerprint density at radius 1 is 0.416 bits per heavy atom. The normalized spacial score (nSPS) is 11.0. The fraction of sp³-hybridized carbons (Fsp3) is 0.171. The minimum atomic E-state index is -0.544. The number of hydrogen-bond donors (Lipinski definition) is 0. The van der Waals surface area contributed by atoms with E-state index < -0.39 is 11.6 Å². The van der Waals surface area contributed by atoms with Gasteiger partial charge in [0.15, 0.2) is 18.1 Å². The Morgan fingerprint density at radius 2 is 0.987 bits per heavy atom. The largest absolute Gasteiger partial charge is 0.295 e. The number of halogens is 2. The van der Waals surface area contributed by atoms with Gasteiger partial charge in [0.1, 0.15) is 44.0 Å². The van der Waals surface area contributed by atoms with E-state index in [1.807, 2.05) is 42.1 Å². The maximum atomic E-state index is 13.7. The van der Waals surface area contributed by atoms with Gasteiger partial charge in [-0.05, 0) is 130 Å². The number of imidazole rings is 1. The van der Waals surface area contributed by atoms with Crippen LogP contribution in [0.2, 0.25) is 0 Å². The molecular formula is C70H69F2N5+4. The van der Waals surface area contributed by atoms with Crippen LogP contribution in [0.5, 0.6) is 0 Å². The van der Waals surface area contributed by atoms with Gasteiger partial charge in [0.2, 0.25) is 22.6 Å². The average Bonchev–Trinajstić information content (AvgIpc) is 3.73. The van der Waals surface area contributed by atoms with Gasteiger partial charge in [-0.25, -0.2) is 22.5 Å². The van der Waals surface area contributed by atoms with Crippen LogP contribution in [0.3, 0.4) is 0 Å². The second kappa shape index (κ2) is 22.7. The molecule has 0 bridgehead atoms. The highest BCUT2D eigenvalue weighted by Crippen LogP contribution is 2.35. The minimum Gasteiger partial charge on any atom is -0.229 e. The van der Waals surface area contributed by atoms with Crippen LogP contribution in [0.25, 0.3) is 83.3 Å². The first-order valence-electron chi connectivity index (χ1n) is 26.3. The molecule has 0 unspecified atom stereocenters. The van der Waals surface area contributed by atoms with Crippen molar-refractivity contribution < 1.29 is 26.9 Å². The first kappa shape index (κ1) is 53.2. The van der Waals surface area contributed by atoms with Crippen molar-refractivity contribution in [2.45, 2.75) is 55.4 Å². The number of rotatable bonds is 4. The van der Waals surface area contributed by atoms with E-state index in [2.05, 4.69) is 246 Å². The van der Waals surface area contributed by atoms with E-state index in [9.17, 15) is 8.78 Å². The fourth-order valence-electron chi connectivity index (χ4n) is 11.0. The lowest BCUT2D eigenvalue weighted by molar-refractivity contribution is -0.660. The number of benzene rings is 7. The minimum absolute atomic E-state index is 0.449. The maximum absolute atomic E-state index is 13.7. The smallest absolute Gasteiger partial charge is 0.229 e. The highest BCUT2D eigenvalue weighted by atomic mass is 19.1. The lowest BCUT2D eigenvalue weighted by Gasteiger charge is -2.10. The molecule has 0 aliphatic rings. The number of para-hydroxylation sites is 2. The molecule has 0 radical (unpaired) electrons. The monoisotopic (exact) mass is 1020 g/mol. The lowest BCUT2D eigenvalue weighted by Crippen LogP contribution is -2.32. The summed E-state index contributed by atoms with van der Waals surface area (Å²) in [6.07, 6.45) is 3.91. The molecule has 384 valence electrons. The second-order valence-corrected chi connectivity index (χ2v) is 20.4. The van der Waals surface area contributed by atoms with Gasteiger partial charge < -0.3 is 0 Å². The summed E-state index contributed by atoms with van der Waals surface area (Å²) in [4.78, 5) is 0. The van der Waals surface area contributed by atoms with Crippen LogP contribution in [-0.2, 0) is 28.2 Å². The van der Waals surface area contributed by atoms with Gasteiger partial charge in [0.05, 0.1) is 18.0 Å². The molecule has 7 heteroatoms. The highest BCUT2D eigenvalue weighted by molar-refractivity contribution is 6.10. The van der Waals surface area contributed by atoms with Crippen molar-refractivity contribution in [3.63, 3.8) is 0 Å². The second-order valence-electron chi connectivity index (χ2n) is 20.4. The Bertz CT molecular complexity index is 4130. The summed E-state index contributed by atoms with van der Waals surface area (Å²) >= 11 is 0. The molecule has 0 saturated heterocycles. The standard InChI is InChI=1S/C26H25N2.C17H16N.C14H16N.C13H12F2N/c1-16-10-8-11-17(2)23(16)25-19(4)27(5)26-24-18(3)12-9-14-21(24)20-13-6-7-15-22(20)28(25)26;1-13-7-3-5-9-15(13)17-12-11-14-8-4-6-10-16(14)18(17)2;1-11-7-8-13(12(2)10-11)14-6-4-5-9-15(14)3;1-9-7-10(14)8-11(15)13(9)12-5-3-4-6-16(12)2/h6-15H,1-5H3;3-12H,1-2H3;4-10H,1-3H3;3-8H,1-2H3/q4*+1. The molecule has 77 heavy (non-hydrogen) atoms. The Labute approximate surface area is 452 Å². The van der Waals surface area contributed by atoms with Gasteiger partial charge in [0.25, 0.3) is 5.65 Å². The van der Waals surface area contributed by atoms with E-state index in [4.69, 9.17) is 0 Å². The number of pyridine rings is 4. The molecule has 0 aliphatic heterocycles. The predicted octanol–water partition coefficient (Wildman–Crippen LogP) is 15.2. The van der Waals surface area contributed by atoms with Crippen LogP contribution in [0.4, 0.5) is 8.78 Å². The Morgan fingerprint density at radius 3 is 1.66 bits per heavy atom. The third-order valence-corrected chi connectivity index (χ3v) is 15.0. The molecular weight excluding hydrogens is 949 g/mol. The fourth-order valence-corrected chi connectivity index (χ4v) is 11.0. The molecule has 5 nitrogen and oxygen atoms in total. The van der Waals surface area contributed by atoms with Crippen LogP contribution >= 0.6 is 0 Å². The van der Waals surface area contributed by atoms with E-state index in [0.717, 1.165) is 11.8 Å². The number of aromatic nitrogens is 5. The van der Waals surface area contributed by atoms with E-state index in [0.29, 0.717) is 11.1 Å². The Balaban J connectivity index is 0.000000130. The van der Waals surface area contributed by atoms with Crippen LogP contribution < -0.4 is 18.1 Å². The van der Waals surface area contributed by atoms with E-state index in [1.54, 1.807) is 6.92 Å². The zero-order valence-electron chi connectivity index (χ0n) is 46.5. The van der Waals surface area contributed by atoms with Gasteiger partial charge >= 0.3 is 0 Å². The van der Waals surface area contributed by atoms with Gasteiger partial charge in [-0.1, -0.05) is 103 Å². The molecule has 0 spiro atoms. The van der Waals surface area contributed by atoms with E-state index in [1.165, 1.54) is 117 Å². The van der Waals surface area contributed by atoms with Crippen molar-refractivity contribution >= 4 is 38.2 Å². The molecule has 0 fully saturated rings. The van der Waals surface area contributed by atoms with Crippen LogP contribution in [0.15, 0.2) is 200 Å². The maximum Gasteiger partial charge on any atom is 0.295 e. The van der Waals surface area contributed by atoms with Gasteiger partial charge in [-0.3, -0.25) is 0 Å². The summed E-state index contributed by atoms with van der Waals surface area (Å²) in [5.74, 6) is -1.07. The van der Waals surface area contributed by atoms with Crippen LogP contribution in [0, 0.1) is 67.0 Å². The predicted molar refractivity (Wildman–Crippen MR) is 314 cm³/mol. The third kappa shape index (κ3) is 10.6. The molecule has 12 rings (SSSR count). The Hall–Kier alpha value is -8.68. The third-order valence-electron chi connectivity index (χ3n) is 15.0. The van der Waals surface area contributed by atoms with Crippen LogP contribution in [-0.4, -0.2) is 4.57 Å². The Kier molecular flexibility index (Phi) is 15.6. The number of aryl methyl sites for hydroxylation is 11. The van der Waals surface area contributed by atoms with Crippen molar-refractivity contribution in [3.05, 3.63) is 257 Å². The van der Waals surface area contributed by atoms with E-state index >= 15 is 0 Å². The molecule has 0 N–H and O–H groups in total. The molecule has 0 amide bonds. The highest BCUT2D eigenvalue weighted by Gasteiger charge is 2.29. The summed E-state index contributed by atoms with van der Waals surface area (Å²) < 4.78 is 37.8. The van der Waals surface area contributed by atoms with Gasteiger partial charge in [-0.15, -0.1) is 0 Å². The molecule has 5 heterocycles. The SMILES string of the molecule is Cc1cc(F)cc(F)c1-c1cccc[n+]1C.Cc1ccc(-c2cccc[n+]2C)c(C)c1.Cc1cccc(C)c1-c1c(C)n(C)c2c3c(C)cccc3c3ccccc3[n+]12.Cc1ccccc1-c1ccc2ccccc2[n+]1C. The first-order chi connectivity index (χ1) is 37.0. The molecule has 0 saturated carbocycles. The molecule has 12 aromatic rings. The van der Waals surface area contributed by atoms with Crippen molar-refractivity contribution in [2.24, 2.45) is 28.2 Å². The average molecular weight is 1020 g/mol. The summed E-state index contributed by atoms with van der Waals surface area (Å²) in [6, 6.07) is 64.0. The van der Waals surface area contributed by atoms with Crippen LogP contribution in [0.1, 0.15) is 44.6 Å². The first-order valence-corrected chi connectivity index (χ1v) is 26.3. The topological polar surface area (TPSA) is 20.7 Å². The van der Waals surface area contributed by atoms with Crippen molar-refractivity contribution in [2.75, 3.05) is 0 Å². The molecule has 5 aromatic heterocycles. The molecule has 0 aliphatic carbocycles. The zero-order valence-corrected chi connectivity index (χ0v) is 46.5.